The molecular weight excluding hydrogens is 394 g/mol. The Hall–Kier alpha value is -2.62. The fourth-order valence-electron chi connectivity index (χ4n) is 2.19. The van der Waals surface area contributed by atoms with Crippen LogP contribution in [0.5, 0.6) is 11.5 Å². The number of nitrogens with one attached hydrogen (secondary N) is 1. The maximum absolute atomic E-state index is 12.3. The lowest BCUT2D eigenvalue weighted by molar-refractivity contribution is 0.0954. The van der Waals surface area contributed by atoms with Gasteiger partial charge in [0, 0.05) is 11.1 Å². The average molecular weight is 412 g/mol. The number of ether oxygens (including phenoxy) is 2. The monoisotopic (exact) mass is 411 g/mol. The molecule has 3 N–H and O–H groups in total. The van der Waals surface area contributed by atoms with Crippen molar-refractivity contribution in [2.45, 2.75) is 11.8 Å². The molecule has 144 valence electrons. The number of nitrogens with two attached hydrogens (primary N) is 1. The first-order chi connectivity index (χ1) is 12.7. The van der Waals surface area contributed by atoms with Crippen molar-refractivity contribution in [3.8, 4) is 11.5 Å². The number of sulfonamides is 1. The molecule has 2 rings (SSSR count). The lowest BCUT2D eigenvalue weighted by Gasteiger charge is -2.09. The molecule has 0 spiro atoms. The van der Waals surface area contributed by atoms with Crippen LogP contribution in [-0.2, 0) is 10.0 Å². The van der Waals surface area contributed by atoms with Crippen molar-refractivity contribution in [1.29, 1.82) is 0 Å². The number of benzene rings is 2. The number of carbonyl (C=O) groups is 1. The molecule has 27 heavy (non-hydrogen) atoms. The van der Waals surface area contributed by atoms with Gasteiger partial charge >= 0.3 is 0 Å². The van der Waals surface area contributed by atoms with Crippen LogP contribution < -0.4 is 20.0 Å². The zero-order valence-corrected chi connectivity index (χ0v) is 16.4. The maximum Gasteiger partial charge on any atom is 0.271 e. The minimum Gasteiger partial charge on any atom is -0.493 e. The smallest absolute Gasteiger partial charge is 0.271 e. The fourth-order valence-corrected chi connectivity index (χ4v) is 3.26. The topological polar surface area (TPSA) is 120 Å². The molecule has 0 bridgehead atoms. The molecule has 1 amide bonds. The summed E-state index contributed by atoms with van der Waals surface area (Å²) in [5, 5.41) is 9.03. The Morgan fingerprint density at radius 2 is 1.70 bits per heavy atom. The molecule has 0 aliphatic rings. The molecule has 2 aromatic rings. The fraction of sp³-hybridized carbons (Fsp3) is 0.176. The first-order valence-electron chi connectivity index (χ1n) is 7.56. The van der Waals surface area contributed by atoms with Crippen LogP contribution in [0.3, 0.4) is 0 Å². The zero-order chi connectivity index (χ0) is 20.2. The summed E-state index contributed by atoms with van der Waals surface area (Å²) < 4.78 is 33.4. The van der Waals surface area contributed by atoms with Gasteiger partial charge in [0.05, 0.1) is 25.0 Å². The molecule has 0 heterocycles. The lowest BCUT2D eigenvalue weighted by atomic mass is 10.1. The van der Waals surface area contributed by atoms with Crippen molar-refractivity contribution in [3.63, 3.8) is 0 Å². The van der Waals surface area contributed by atoms with Crippen molar-refractivity contribution >= 4 is 33.2 Å². The Bertz CT molecular complexity index is 1010. The number of hydrazone groups is 1. The molecule has 0 unspecified atom stereocenters. The first kappa shape index (κ1) is 20.7. The van der Waals surface area contributed by atoms with E-state index in [-0.39, 0.29) is 15.5 Å². The van der Waals surface area contributed by atoms with E-state index < -0.39 is 15.9 Å². The third-order valence-electron chi connectivity index (χ3n) is 3.63. The molecule has 0 radical (unpaired) electrons. The van der Waals surface area contributed by atoms with Crippen LogP contribution in [0.4, 0.5) is 0 Å². The maximum atomic E-state index is 12.3. The summed E-state index contributed by atoms with van der Waals surface area (Å²) >= 11 is 5.81. The number of primary sulfonamides is 1. The number of hydrogen-bond acceptors (Lipinski definition) is 6. The van der Waals surface area contributed by atoms with Crippen molar-refractivity contribution in [1.82, 2.24) is 5.43 Å². The summed E-state index contributed by atoms with van der Waals surface area (Å²) in [6, 6.07) is 8.93. The zero-order valence-electron chi connectivity index (χ0n) is 14.8. The summed E-state index contributed by atoms with van der Waals surface area (Å²) in [4.78, 5) is 11.9. The van der Waals surface area contributed by atoms with Crippen LogP contribution in [-0.4, -0.2) is 34.3 Å². The van der Waals surface area contributed by atoms with Crippen molar-refractivity contribution in [2.75, 3.05) is 14.2 Å². The molecule has 2 aromatic carbocycles. The van der Waals surface area contributed by atoms with E-state index >= 15 is 0 Å². The van der Waals surface area contributed by atoms with Crippen LogP contribution in [0.2, 0.25) is 5.02 Å². The minimum atomic E-state index is -4.05. The second-order valence-corrected chi connectivity index (χ2v) is 7.34. The Morgan fingerprint density at radius 3 is 2.30 bits per heavy atom. The van der Waals surface area contributed by atoms with E-state index in [2.05, 4.69) is 10.5 Å². The Morgan fingerprint density at radius 1 is 1.07 bits per heavy atom. The Balaban J connectivity index is 2.24. The minimum absolute atomic E-state index is 0.0484. The van der Waals surface area contributed by atoms with Crippen molar-refractivity contribution < 1.29 is 22.7 Å². The average Bonchev–Trinajstić information content (AvgIpc) is 2.64. The third-order valence-corrected chi connectivity index (χ3v) is 5.02. The van der Waals surface area contributed by atoms with E-state index in [4.69, 9.17) is 26.2 Å². The van der Waals surface area contributed by atoms with Crippen LogP contribution in [0, 0.1) is 0 Å². The number of amides is 1. The second-order valence-electron chi connectivity index (χ2n) is 5.40. The van der Waals surface area contributed by atoms with Crippen molar-refractivity contribution in [2.24, 2.45) is 10.2 Å². The first-order valence-corrected chi connectivity index (χ1v) is 9.49. The largest absolute Gasteiger partial charge is 0.493 e. The molecule has 0 aliphatic heterocycles. The SMILES string of the molecule is COc1ccc(/C(C)=N\NC(=O)c2ccc(Cl)c(S(N)(=O)=O)c2)cc1OC. The molecule has 0 aromatic heterocycles. The third kappa shape index (κ3) is 4.97. The van der Waals surface area contributed by atoms with Gasteiger partial charge in [0.25, 0.3) is 5.91 Å². The molecule has 0 atom stereocenters. The normalized spacial score (nSPS) is 11.8. The van der Waals surface area contributed by atoms with Crippen LogP contribution in [0.25, 0.3) is 0 Å². The summed E-state index contributed by atoms with van der Waals surface area (Å²) in [5.74, 6) is 0.470. The number of methoxy groups -OCH3 is 2. The predicted molar refractivity (Wildman–Crippen MR) is 102 cm³/mol. The van der Waals surface area contributed by atoms with Gasteiger partial charge in [0.2, 0.25) is 10.0 Å². The second kappa shape index (κ2) is 8.38. The van der Waals surface area contributed by atoms with Gasteiger partial charge in [-0.1, -0.05) is 11.6 Å². The molecule has 0 fully saturated rings. The lowest BCUT2D eigenvalue weighted by Crippen LogP contribution is -2.20. The van der Waals surface area contributed by atoms with E-state index in [1.807, 2.05) is 0 Å². The number of rotatable bonds is 6. The van der Waals surface area contributed by atoms with Gasteiger partial charge in [-0.25, -0.2) is 19.0 Å². The molecule has 0 aliphatic carbocycles. The summed E-state index contributed by atoms with van der Waals surface area (Å²) in [7, 11) is -1.01. The van der Waals surface area contributed by atoms with E-state index in [9.17, 15) is 13.2 Å². The highest BCUT2D eigenvalue weighted by atomic mass is 35.5. The van der Waals surface area contributed by atoms with E-state index in [0.717, 1.165) is 6.07 Å². The van der Waals surface area contributed by atoms with Gasteiger partial charge in [-0.2, -0.15) is 5.10 Å². The standard InChI is InChI=1S/C17H18ClN3O5S/c1-10(11-5-7-14(25-2)15(8-11)26-3)20-21-17(22)12-4-6-13(18)16(9-12)27(19,23)24/h4-9H,1-3H3,(H,21,22)(H2,19,23,24)/b20-10-. The highest BCUT2D eigenvalue weighted by Crippen LogP contribution is 2.27. The van der Waals surface area contributed by atoms with Crippen LogP contribution >= 0.6 is 11.6 Å². The van der Waals surface area contributed by atoms with Crippen molar-refractivity contribution in [3.05, 3.63) is 52.5 Å². The van der Waals surface area contributed by atoms with Gasteiger partial charge < -0.3 is 9.47 Å². The number of halogens is 1. The van der Waals surface area contributed by atoms with Gasteiger partial charge in [-0.3, -0.25) is 4.79 Å². The highest BCUT2D eigenvalue weighted by molar-refractivity contribution is 7.89. The van der Waals surface area contributed by atoms with Gasteiger partial charge in [-0.05, 0) is 43.3 Å². The highest BCUT2D eigenvalue weighted by Gasteiger charge is 2.16. The molecular formula is C17H18ClN3O5S. The van der Waals surface area contributed by atoms with E-state index in [1.54, 1.807) is 25.1 Å². The van der Waals surface area contributed by atoms with Crippen LogP contribution in [0.15, 0.2) is 46.4 Å². The quantitative estimate of drug-likeness (QED) is 0.557. The number of nitrogens with zero attached hydrogens (tertiary/aromatic N) is 1. The molecule has 8 nitrogen and oxygen atoms in total. The summed E-state index contributed by atoms with van der Waals surface area (Å²) in [5.41, 5.74) is 3.62. The van der Waals surface area contributed by atoms with Crippen LogP contribution in [0.1, 0.15) is 22.8 Å². The summed E-state index contributed by atoms with van der Waals surface area (Å²) in [6.07, 6.45) is 0. The predicted octanol–water partition coefficient (Wildman–Crippen LogP) is 2.16. The van der Waals surface area contributed by atoms with E-state index in [1.165, 1.54) is 26.4 Å². The van der Waals surface area contributed by atoms with Gasteiger partial charge in [0.1, 0.15) is 4.90 Å². The van der Waals surface area contributed by atoms with E-state index in [0.29, 0.717) is 22.8 Å². The Labute approximate surface area is 162 Å². The summed E-state index contributed by atoms with van der Waals surface area (Å²) in [6.45, 7) is 1.69. The number of hydrogen-bond donors (Lipinski definition) is 2. The molecule has 10 heteroatoms. The van der Waals surface area contributed by atoms with Gasteiger partial charge in [-0.15, -0.1) is 0 Å². The molecule has 0 saturated carbocycles. The molecule has 0 saturated heterocycles. The number of carbonyl (C=O) groups excluding carboxylic acids is 1. The van der Waals surface area contributed by atoms with Gasteiger partial charge in [0.15, 0.2) is 11.5 Å². The Kier molecular flexibility index (Phi) is 6.42.